The van der Waals surface area contributed by atoms with Gasteiger partial charge in [-0.15, -0.1) is 0 Å². The summed E-state index contributed by atoms with van der Waals surface area (Å²) in [5.74, 6) is 0.637. The molecule has 3 heteroatoms. The maximum absolute atomic E-state index is 6.16. The van der Waals surface area contributed by atoms with E-state index in [2.05, 4.69) is 15.9 Å². The fourth-order valence-corrected chi connectivity index (χ4v) is 2.28. The van der Waals surface area contributed by atoms with Crippen LogP contribution in [0.1, 0.15) is 30.9 Å². The highest BCUT2D eigenvalue weighted by atomic mass is 79.9. The average Bonchev–Trinajstić information content (AvgIpc) is 2.00. The molecule has 0 saturated heterocycles. The first kappa shape index (κ1) is 9.99. The van der Waals surface area contributed by atoms with Crippen LogP contribution in [0.5, 0.6) is 0 Å². The van der Waals surface area contributed by atoms with Crippen molar-refractivity contribution in [1.82, 2.24) is 0 Å². The summed E-state index contributed by atoms with van der Waals surface area (Å²) >= 11 is 3.39. The number of halogens is 1. The van der Waals surface area contributed by atoms with Gasteiger partial charge in [-0.1, -0.05) is 28.4 Å². The van der Waals surface area contributed by atoms with E-state index in [0.29, 0.717) is 5.92 Å². The Morgan fingerprint density at radius 3 is 2.57 bits per heavy atom. The minimum absolute atomic E-state index is 0.122. The lowest BCUT2D eigenvalue weighted by molar-refractivity contribution is 0.265. The molecule has 0 aromatic heterocycles. The third kappa shape index (κ3) is 1.79. The highest BCUT2D eigenvalue weighted by Gasteiger charge is 2.26. The van der Waals surface area contributed by atoms with Crippen LogP contribution >= 0.6 is 15.9 Å². The molecule has 4 N–H and O–H groups in total. The lowest BCUT2D eigenvalue weighted by Crippen LogP contribution is -2.27. The fourth-order valence-electron chi connectivity index (χ4n) is 1.90. The van der Waals surface area contributed by atoms with Crippen molar-refractivity contribution in [3.05, 3.63) is 28.2 Å². The lowest BCUT2D eigenvalue weighted by Gasteiger charge is -2.32. The Hall–Kier alpha value is -0.540. The zero-order valence-corrected chi connectivity index (χ0v) is 9.63. The molecule has 0 radical (unpaired) electrons. The van der Waals surface area contributed by atoms with Crippen LogP contribution in [0.15, 0.2) is 22.7 Å². The predicted molar refractivity (Wildman–Crippen MR) is 62.8 cm³/mol. The standard InChI is InChI=1S/C11H15BrN2/c12-8-4-5-9(10(13)6-8)11(14)7-2-1-3-7/h4-7,11H,1-3,13-14H2/t11-/m1/s1. The van der Waals surface area contributed by atoms with Crippen molar-refractivity contribution in [2.24, 2.45) is 11.7 Å². The zero-order valence-electron chi connectivity index (χ0n) is 8.04. The van der Waals surface area contributed by atoms with Crippen LogP contribution < -0.4 is 11.5 Å². The molecule has 0 amide bonds. The second kappa shape index (κ2) is 3.91. The summed E-state index contributed by atoms with van der Waals surface area (Å²) < 4.78 is 1.01. The molecule has 1 aromatic rings. The number of nitrogen functional groups attached to an aromatic ring is 1. The monoisotopic (exact) mass is 254 g/mol. The molecule has 0 aliphatic heterocycles. The van der Waals surface area contributed by atoms with Crippen LogP contribution in [-0.4, -0.2) is 0 Å². The molecular formula is C11H15BrN2. The third-order valence-electron chi connectivity index (χ3n) is 3.07. The van der Waals surface area contributed by atoms with E-state index in [1.54, 1.807) is 0 Å². The van der Waals surface area contributed by atoms with Gasteiger partial charge in [-0.05, 0) is 36.5 Å². The quantitative estimate of drug-likeness (QED) is 0.798. The Morgan fingerprint density at radius 1 is 1.36 bits per heavy atom. The Balaban J connectivity index is 2.22. The van der Waals surface area contributed by atoms with Gasteiger partial charge < -0.3 is 11.5 Å². The summed E-state index contributed by atoms with van der Waals surface area (Å²) in [4.78, 5) is 0. The van der Waals surface area contributed by atoms with E-state index in [-0.39, 0.29) is 6.04 Å². The molecule has 14 heavy (non-hydrogen) atoms. The summed E-state index contributed by atoms with van der Waals surface area (Å²) in [6.45, 7) is 0. The van der Waals surface area contributed by atoms with Crippen molar-refractivity contribution < 1.29 is 0 Å². The molecule has 1 atom stereocenters. The zero-order chi connectivity index (χ0) is 10.1. The maximum Gasteiger partial charge on any atom is 0.0373 e. The number of hydrogen-bond donors (Lipinski definition) is 2. The lowest BCUT2D eigenvalue weighted by atomic mass is 9.77. The summed E-state index contributed by atoms with van der Waals surface area (Å²) in [6.07, 6.45) is 3.81. The fraction of sp³-hybridized carbons (Fsp3) is 0.455. The first-order valence-electron chi connectivity index (χ1n) is 4.99. The van der Waals surface area contributed by atoms with Gasteiger partial charge in [-0.25, -0.2) is 0 Å². The van der Waals surface area contributed by atoms with Crippen LogP contribution in [0.4, 0.5) is 5.69 Å². The summed E-state index contributed by atoms with van der Waals surface area (Å²) in [6, 6.07) is 6.08. The van der Waals surface area contributed by atoms with Gasteiger partial charge in [-0.3, -0.25) is 0 Å². The molecule has 2 rings (SSSR count). The summed E-state index contributed by atoms with van der Waals surface area (Å²) in [5, 5.41) is 0. The van der Waals surface area contributed by atoms with Gasteiger partial charge in [0.2, 0.25) is 0 Å². The highest BCUT2D eigenvalue weighted by molar-refractivity contribution is 9.10. The first-order chi connectivity index (χ1) is 6.68. The number of hydrogen-bond acceptors (Lipinski definition) is 2. The summed E-state index contributed by atoms with van der Waals surface area (Å²) in [7, 11) is 0. The molecule has 76 valence electrons. The Bertz CT molecular complexity index is 334. The van der Waals surface area contributed by atoms with E-state index in [4.69, 9.17) is 11.5 Å². The second-order valence-electron chi connectivity index (χ2n) is 3.99. The van der Waals surface area contributed by atoms with Crippen LogP contribution in [0.25, 0.3) is 0 Å². The molecule has 0 unspecified atom stereocenters. The molecule has 1 fully saturated rings. The van der Waals surface area contributed by atoms with Crippen molar-refractivity contribution in [2.75, 3.05) is 5.73 Å². The van der Waals surface area contributed by atoms with E-state index in [1.807, 2.05) is 18.2 Å². The van der Waals surface area contributed by atoms with Gasteiger partial charge in [0.15, 0.2) is 0 Å². The molecular weight excluding hydrogens is 240 g/mol. The topological polar surface area (TPSA) is 52.0 Å². The van der Waals surface area contributed by atoms with Gasteiger partial charge >= 0.3 is 0 Å². The van der Waals surface area contributed by atoms with E-state index in [0.717, 1.165) is 15.7 Å². The molecule has 1 aromatic carbocycles. The first-order valence-corrected chi connectivity index (χ1v) is 5.78. The Morgan fingerprint density at radius 2 is 2.07 bits per heavy atom. The predicted octanol–water partition coefficient (Wildman–Crippen LogP) is 2.83. The van der Waals surface area contributed by atoms with Crippen molar-refractivity contribution in [1.29, 1.82) is 0 Å². The normalized spacial score (nSPS) is 19.0. The van der Waals surface area contributed by atoms with Crippen LogP contribution in [0.2, 0.25) is 0 Å². The van der Waals surface area contributed by atoms with Crippen molar-refractivity contribution in [2.45, 2.75) is 25.3 Å². The molecule has 0 heterocycles. The molecule has 1 aliphatic carbocycles. The Labute approximate surface area is 92.8 Å². The minimum Gasteiger partial charge on any atom is -0.398 e. The van der Waals surface area contributed by atoms with E-state index < -0.39 is 0 Å². The molecule has 0 bridgehead atoms. The van der Waals surface area contributed by atoms with Crippen LogP contribution in [0.3, 0.4) is 0 Å². The van der Waals surface area contributed by atoms with Gasteiger partial charge in [0.25, 0.3) is 0 Å². The van der Waals surface area contributed by atoms with E-state index in [9.17, 15) is 0 Å². The van der Waals surface area contributed by atoms with Crippen molar-refractivity contribution >= 4 is 21.6 Å². The van der Waals surface area contributed by atoms with Crippen molar-refractivity contribution in [3.63, 3.8) is 0 Å². The van der Waals surface area contributed by atoms with Gasteiger partial charge in [0.1, 0.15) is 0 Å². The van der Waals surface area contributed by atoms with Gasteiger partial charge in [0, 0.05) is 16.2 Å². The van der Waals surface area contributed by atoms with Crippen LogP contribution in [0, 0.1) is 5.92 Å². The number of benzene rings is 1. The van der Waals surface area contributed by atoms with E-state index in [1.165, 1.54) is 19.3 Å². The van der Waals surface area contributed by atoms with Gasteiger partial charge in [0.05, 0.1) is 0 Å². The number of nitrogens with two attached hydrogens (primary N) is 2. The summed E-state index contributed by atoms with van der Waals surface area (Å²) in [5.41, 5.74) is 14.0. The second-order valence-corrected chi connectivity index (χ2v) is 4.91. The highest BCUT2D eigenvalue weighted by Crippen LogP contribution is 2.38. The van der Waals surface area contributed by atoms with Gasteiger partial charge in [-0.2, -0.15) is 0 Å². The SMILES string of the molecule is Nc1cc(Br)ccc1[C@H](N)C1CCC1. The van der Waals surface area contributed by atoms with Crippen LogP contribution in [-0.2, 0) is 0 Å². The molecule has 1 saturated carbocycles. The third-order valence-corrected chi connectivity index (χ3v) is 3.56. The maximum atomic E-state index is 6.16. The smallest absolute Gasteiger partial charge is 0.0373 e. The molecule has 0 spiro atoms. The van der Waals surface area contributed by atoms with E-state index >= 15 is 0 Å². The molecule has 2 nitrogen and oxygen atoms in total. The minimum atomic E-state index is 0.122. The van der Waals surface area contributed by atoms with Crippen molar-refractivity contribution in [3.8, 4) is 0 Å². The number of rotatable bonds is 2. The molecule has 1 aliphatic rings. The average molecular weight is 255 g/mol. The number of anilines is 1. The Kier molecular flexibility index (Phi) is 2.79. The largest absolute Gasteiger partial charge is 0.398 e.